The minimum Gasteiger partial charge on any atom is -0.508 e. The molecule has 3 rings (SSSR count). The number of thiazole rings is 1. The van der Waals surface area contributed by atoms with Crippen LogP contribution in [0.25, 0.3) is 11.3 Å². The number of nitrogens with zero attached hydrogens (tertiary/aromatic N) is 2. The smallest absolute Gasteiger partial charge is 0.186 e. The van der Waals surface area contributed by atoms with Crippen molar-refractivity contribution in [1.29, 1.82) is 0 Å². The Bertz CT molecular complexity index is 641. The normalized spacial score (nSPS) is 15.2. The van der Waals surface area contributed by atoms with Gasteiger partial charge in [0.15, 0.2) is 16.7 Å². The Labute approximate surface area is 125 Å². The number of benzene rings is 1. The maximum absolute atomic E-state index is 13.8. The summed E-state index contributed by atoms with van der Waals surface area (Å²) in [6.07, 6.45) is 0. The van der Waals surface area contributed by atoms with Gasteiger partial charge < -0.3 is 19.5 Å². The lowest BCUT2D eigenvalue weighted by atomic mass is 10.1. The number of morpholine rings is 1. The van der Waals surface area contributed by atoms with Gasteiger partial charge in [-0.25, -0.2) is 9.37 Å². The van der Waals surface area contributed by atoms with Crippen LogP contribution >= 0.6 is 11.3 Å². The summed E-state index contributed by atoms with van der Waals surface area (Å²) >= 11 is 1.48. The molecule has 1 saturated heterocycles. The molecule has 0 atom stereocenters. The molecule has 0 saturated carbocycles. The molecule has 1 aliphatic heterocycles. The first-order valence-corrected chi connectivity index (χ1v) is 7.42. The number of anilines is 1. The van der Waals surface area contributed by atoms with Crippen LogP contribution in [0.3, 0.4) is 0 Å². The maximum Gasteiger partial charge on any atom is 0.186 e. The Morgan fingerprint density at radius 1 is 1.38 bits per heavy atom. The van der Waals surface area contributed by atoms with Crippen LogP contribution in [0.2, 0.25) is 0 Å². The highest BCUT2D eigenvalue weighted by Crippen LogP contribution is 2.37. The number of hydrogen-bond donors (Lipinski definition) is 1. The van der Waals surface area contributed by atoms with Crippen LogP contribution in [0.15, 0.2) is 17.5 Å². The van der Waals surface area contributed by atoms with Gasteiger partial charge in [0.05, 0.1) is 26.0 Å². The average molecular weight is 310 g/mol. The van der Waals surface area contributed by atoms with Crippen molar-refractivity contribution in [2.24, 2.45) is 0 Å². The van der Waals surface area contributed by atoms with Gasteiger partial charge in [0.2, 0.25) is 0 Å². The molecular weight excluding hydrogens is 295 g/mol. The molecule has 1 fully saturated rings. The second-order valence-electron chi connectivity index (χ2n) is 4.62. The van der Waals surface area contributed by atoms with Crippen molar-refractivity contribution >= 4 is 16.5 Å². The lowest BCUT2D eigenvalue weighted by Gasteiger charge is -2.26. The van der Waals surface area contributed by atoms with E-state index in [2.05, 4.69) is 9.88 Å². The van der Waals surface area contributed by atoms with Gasteiger partial charge in [-0.05, 0) is 6.07 Å². The summed E-state index contributed by atoms with van der Waals surface area (Å²) in [5.74, 6) is -0.663. The number of hydrogen-bond acceptors (Lipinski definition) is 6. The third kappa shape index (κ3) is 2.79. The fourth-order valence-electron chi connectivity index (χ4n) is 2.26. The SMILES string of the molecule is COc1c(F)cc(O)cc1-c1csc(N2CCOCC2)n1. The highest BCUT2D eigenvalue weighted by Gasteiger charge is 2.19. The summed E-state index contributed by atoms with van der Waals surface area (Å²) in [5, 5.41) is 12.3. The zero-order chi connectivity index (χ0) is 14.8. The van der Waals surface area contributed by atoms with Crippen molar-refractivity contribution < 1.29 is 19.0 Å². The molecule has 21 heavy (non-hydrogen) atoms. The fraction of sp³-hybridized carbons (Fsp3) is 0.357. The van der Waals surface area contributed by atoms with Crippen molar-refractivity contribution in [2.75, 3.05) is 38.3 Å². The number of phenolic OH excluding ortho intramolecular Hbond substituents is 1. The van der Waals surface area contributed by atoms with E-state index in [1.165, 1.54) is 24.5 Å². The Kier molecular flexibility index (Phi) is 3.94. The van der Waals surface area contributed by atoms with Crippen molar-refractivity contribution in [3.05, 3.63) is 23.3 Å². The lowest BCUT2D eigenvalue weighted by Crippen LogP contribution is -2.36. The van der Waals surface area contributed by atoms with E-state index in [9.17, 15) is 9.50 Å². The van der Waals surface area contributed by atoms with E-state index >= 15 is 0 Å². The van der Waals surface area contributed by atoms with Crippen LogP contribution in [-0.2, 0) is 4.74 Å². The number of ether oxygens (including phenoxy) is 2. The predicted octanol–water partition coefficient (Wildman–Crippen LogP) is 2.50. The molecule has 0 unspecified atom stereocenters. The lowest BCUT2D eigenvalue weighted by molar-refractivity contribution is 0.122. The minimum atomic E-state index is -0.603. The largest absolute Gasteiger partial charge is 0.508 e. The number of halogens is 1. The first-order valence-electron chi connectivity index (χ1n) is 6.54. The summed E-state index contributed by atoms with van der Waals surface area (Å²) in [6.45, 7) is 2.94. The summed E-state index contributed by atoms with van der Waals surface area (Å²) in [7, 11) is 1.40. The summed E-state index contributed by atoms with van der Waals surface area (Å²) < 4.78 is 24.2. The molecular formula is C14H15FN2O3S. The molecule has 2 heterocycles. The van der Waals surface area contributed by atoms with Crippen LogP contribution < -0.4 is 9.64 Å². The van der Waals surface area contributed by atoms with E-state index in [-0.39, 0.29) is 11.5 Å². The fourth-order valence-corrected chi connectivity index (χ4v) is 3.14. The monoisotopic (exact) mass is 310 g/mol. The van der Waals surface area contributed by atoms with Crippen LogP contribution in [0.5, 0.6) is 11.5 Å². The Hall–Kier alpha value is -1.86. The Morgan fingerprint density at radius 2 is 2.14 bits per heavy atom. The van der Waals surface area contributed by atoms with Crippen LogP contribution in [0, 0.1) is 5.82 Å². The molecule has 7 heteroatoms. The van der Waals surface area contributed by atoms with E-state index in [4.69, 9.17) is 9.47 Å². The summed E-state index contributed by atoms with van der Waals surface area (Å²) in [4.78, 5) is 6.65. The Balaban J connectivity index is 1.96. The van der Waals surface area contributed by atoms with Gasteiger partial charge >= 0.3 is 0 Å². The van der Waals surface area contributed by atoms with Crippen LogP contribution in [-0.4, -0.2) is 43.5 Å². The minimum absolute atomic E-state index is 0.0895. The molecule has 1 aromatic carbocycles. The van der Waals surface area contributed by atoms with Gasteiger partial charge in [0, 0.05) is 30.1 Å². The zero-order valence-electron chi connectivity index (χ0n) is 11.5. The molecule has 2 aromatic rings. The van der Waals surface area contributed by atoms with Gasteiger partial charge in [-0.15, -0.1) is 11.3 Å². The quantitative estimate of drug-likeness (QED) is 0.944. The number of methoxy groups -OCH3 is 1. The molecule has 0 amide bonds. The van der Waals surface area contributed by atoms with Crippen molar-refractivity contribution in [3.63, 3.8) is 0 Å². The molecule has 1 aromatic heterocycles. The number of aromatic nitrogens is 1. The summed E-state index contributed by atoms with van der Waals surface area (Å²) in [5.41, 5.74) is 1.04. The Morgan fingerprint density at radius 3 is 2.86 bits per heavy atom. The van der Waals surface area contributed by atoms with E-state index in [1.54, 1.807) is 0 Å². The van der Waals surface area contributed by atoms with Gasteiger partial charge in [0.1, 0.15) is 5.75 Å². The first kappa shape index (κ1) is 14.1. The summed E-state index contributed by atoms with van der Waals surface area (Å²) in [6, 6.07) is 2.48. The van der Waals surface area contributed by atoms with Gasteiger partial charge in [0.25, 0.3) is 0 Å². The highest BCUT2D eigenvalue weighted by molar-refractivity contribution is 7.14. The molecule has 112 valence electrons. The molecule has 0 spiro atoms. The van der Waals surface area contributed by atoms with E-state index < -0.39 is 5.82 Å². The van der Waals surface area contributed by atoms with E-state index in [0.29, 0.717) is 24.5 Å². The van der Waals surface area contributed by atoms with E-state index in [0.717, 1.165) is 24.3 Å². The second kappa shape index (κ2) is 5.87. The third-order valence-corrected chi connectivity index (χ3v) is 4.18. The topological polar surface area (TPSA) is 54.8 Å². The van der Waals surface area contributed by atoms with Gasteiger partial charge in [-0.2, -0.15) is 0 Å². The maximum atomic E-state index is 13.8. The molecule has 5 nitrogen and oxygen atoms in total. The van der Waals surface area contributed by atoms with Crippen LogP contribution in [0.4, 0.5) is 9.52 Å². The zero-order valence-corrected chi connectivity index (χ0v) is 12.3. The third-order valence-electron chi connectivity index (χ3n) is 3.28. The standard InChI is InChI=1S/C14H15FN2O3S/c1-19-13-10(6-9(18)7-11(13)15)12-8-21-14(16-12)17-2-4-20-5-3-17/h6-8,18H,2-5H2,1H3. The average Bonchev–Trinajstić information content (AvgIpc) is 2.97. The van der Waals surface area contributed by atoms with Crippen molar-refractivity contribution in [1.82, 2.24) is 4.98 Å². The first-order chi connectivity index (χ1) is 10.2. The molecule has 1 aliphatic rings. The molecule has 1 N–H and O–H groups in total. The predicted molar refractivity (Wildman–Crippen MR) is 78.8 cm³/mol. The second-order valence-corrected chi connectivity index (χ2v) is 5.46. The van der Waals surface area contributed by atoms with Gasteiger partial charge in [-0.3, -0.25) is 0 Å². The molecule has 0 radical (unpaired) electrons. The number of rotatable bonds is 3. The van der Waals surface area contributed by atoms with Crippen LogP contribution in [0.1, 0.15) is 0 Å². The highest BCUT2D eigenvalue weighted by atomic mass is 32.1. The van der Waals surface area contributed by atoms with Gasteiger partial charge in [-0.1, -0.05) is 0 Å². The molecule has 0 aliphatic carbocycles. The number of aromatic hydroxyl groups is 1. The van der Waals surface area contributed by atoms with E-state index in [1.807, 2.05) is 5.38 Å². The molecule has 0 bridgehead atoms. The number of phenols is 1. The van der Waals surface area contributed by atoms with Crippen molar-refractivity contribution in [2.45, 2.75) is 0 Å². The van der Waals surface area contributed by atoms with Crippen molar-refractivity contribution in [3.8, 4) is 22.8 Å².